The summed E-state index contributed by atoms with van der Waals surface area (Å²) in [4.78, 5) is 9.72. The maximum atomic E-state index is 11.6. The number of hydrogen-bond acceptors (Lipinski definition) is 10. The molecular formula is C27H21N5O5S2. The number of aromatic hydroxyl groups is 1. The molecule has 4 aromatic rings. The van der Waals surface area contributed by atoms with Gasteiger partial charge in [-0.2, -0.15) is 10.2 Å². The first-order valence-corrected chi connectivity index (χ1v) is 13.8. The fraction of sp³-hybridized carbons (Fsp3) is 0.0741. The number of nitriles is 1. The highest BCUT2D eigenvalue weighted by Gasteiger charge is 2.35. The first-order chi connectivity index (χ1) is 18.7. The number of aliphatic imine (C=N–C) groups is 1. The zero-order valence-electron chi connectivity index (χ0n) is 20.4. The Morgan fingerprint density at radius 2 is 1.82 bits per heavy atom. The lowest BCUT2D eigenvalue weighted by molar-refractivity contribution is 0.384. The van der Waals surface area contributed by atoms with Crippen molar-refractivity contribution in [2.75, 3.05) is 12.4 Å². The summed E-state index contributed by atoms with van der Waals surface area (Å²) in [6.07, 6.45) is 1.54. The number of ether oxygens (including phenoxy) is 2. The van der Waals surface area contributed by atoms with Gasteiger partial charge in [-0.15, -0.1) is 0 Å². The Morgan fingerprint density at radius 1 is 1.13 bits per heavy atom. The van der Waals surface area contributed by atoms with Gasteiger partial charge in [-0.3, -0.25) is 0 Å². The first kappa shape index (κ1) is 25.9. The van der Waals surface area contributed by atoms with Gasteiger partial charge >= 0.3 is 0 Å². The number of nitrogens with one attached hydrogen (secondary N) is 1. The molecule has 0 radical (unpaired) electrons. The minimum Gasteiger partial charge on any atom is -0.508 e. The van der Waals surface area contributed by atoms with Crippen molar-refractivity contribution in [3.8, 4) is 23.4 Å². The second-order valence-corrected chi connectivity index (χ2v) is 11.0. The molecule has 39 heavy (non-hydrogen) atoms. The van der Waals surface area contributed by atoms with Gasteiger partial charge in [0.15, 0.2) is 5.13 Å². The molecule has 1 aromatic heterocycles. The van der Waals surface area contributed by atoms with Crippen molar-refractivity contribution >= 4 is 38.4 Å². The number of primary sulfonamides is 1. The zero-order chi connectivity index (χ0) is 27.6. The molecule has 2 heterocycles. The number of allylic oxidation sites excluding steroid dienone is 1. The Bertz CT molecular complexity index is 1720. The van der Waals surface area contributed by atoms with Gasteiger partial charge in [0.2, 0.25) is 21.8 Å². The van der Waals surface area contributed by atoms with E-state index in [1.54, 1.807) is 37.6 Å². The van der Waals surface area contributed by atoms with Crippen molar-refractivity contribution in [3.63, 3.8) is 0 Å². The topological polar surface area (TPSA) is 160 Å². The molecule has 0 saturated heterocycles. The average Bonchev–Trinajstić information content (AvgIpc) is 3.33. The predicted molar refractivity (Wildman–Crippen MR) is 147 cm³/mol. The largest absolute Gasteiger partial charge is 0.508 e. The molecule has 0 aliphatic carbocycles. The molecule has 0 amide bonds. The number of thiazole rings is 1. The number of hydrogen-bond donors (Lipinski definition) is 3. The predicted octanol–water partition coefficient (Wildman–Crippen LogP) is 4.63. The van der Waals surface area contributed by atoms with Crippen LogP contribution in [0, 0.1) is 11.3 Å². The highest BCUT2D eigenvalue weighted by atomic mass is 32.2. The number of methoxy groups -OCH3 is 1. The molecule has 5 rings (SSSR count). The van der Waals surface area contributed by atoms with E-state index in [0.29, 0.717) is 38.5 Å². The molecule has 1 aliphatic heterocycles. The van der Waals surface area contributed by atoms with Gasteiger partial charge in [-0.05, 0) is 71.8 Å². The number of nitrogens with two attached hydrogens (primary N) is 1. The number of anilines is 2. The molecule has 1 unspecified atom stereocenters. The Morgan fingerprint density at radius 3 is 2.44 bits per heavy atom. The summed E-state index contributed by atoms with van der Waals surface area (Å²) >= 11 is 1.30. The van der Waals surface area contributed by atoms with Crippen molar-refractivity contribution in [2.24, 2.45) is 10.1 Å². The van der Waals surface area contributed by atoms with Crippen molar-refractivity contribution in [3.05, 3.63) is 100 Å². The molecule has 0 saturated carbocycles. The van der Waals surface area contributed by atoms with Gasteiger partial charge in [-0.25, -0.2) is 18.5 Å². The standard InChI is InChI=1S/C27H21N5O5S2/c1-36-20-10-4-17(5-11-20)23-22(14-28)25(30-15-16-2-8-19(33)9-3-16)37-26-24(23)38-27(32-26)31-18-6-12-21(13-7-18)39(29,34)35/h2-13,15,23,33H,1H3,(H,31,32)(H2,29,34,35)/b30-15+. The van der Waals surface area contributed by atoms with Crippen LogP contribution < -0.4 is 19.9 Å². The SMILES string of the molecule is COc1ccc(C2C(C#N)=C(/N=C/c3ccc(O)cc3)Oc3nc(Nc4ccc(S(N)(=O)=O)cc4)sc32)cc1. The van der Waals surface area contributed by atoms with Crippen molar-refractivity contribution < 1.29 is 23.0 Å². The van der Waals surface area contributed by atoms with Crippen LogP contribution in [0.15, 0.2) is 94.1 Å². The number of aromatic nitrogens is 1. The highest BCUT2D eigenvalue weighted by Crippen LogP contribution is 2.47. The van der Waals surface area contributed by atoms with Crippen LogP contribution >= 0.6 is 11.3 Å². The molecule has 196 valence electrons. The van der Waals surface area contributed by atoms with E-state index in [9.17, 15) is 18.8 Å². The number of fused-ring (bicyclic) bond motifs is 1. The Kier molecular flexibility index (Phi) is 7.03. The van der Waals surface area contributed by atoms with E-state index in [-0.39, 0.29) is 16.5 Å². The van der Waals surface area contributed by atoms with Crippen LogP contribution in [0.2, 0.25) is 0 Å². The monoisotopic (exact) mass is 559 g/mol. The van der Waals surface area contributed by atoms with Gasteiger partial charge in [-0.1, -0.05) is 23.5 Å². The molecule has 12 heteroatoms. The summed E-state index contributed by atoms with van der Waals surface area (Å²) in [5.41, 5.74) is 2.42. The van der Waals surface area contributed by atoms with E-state index >= 15 is 0 Å². The van der Waals surface area contributed by atoms with Crippen molar-refractivity contribution in [1.82, 2.24) is 4.98 Å². The lowest BCUT2D eigenvalue weighted by Crippen LogP contribution is -2.14. The smallest absolute Gasteiger partial charge is 0.238 e. The minimum absolute atomic E-state index is 0.00613. The number of sulfonamides is 1. The molecule has 0 bridgehead atoms. The summed E-state index contributed by atoms with van der Waals surface area (Å²) < 4.78 is 34.4. The minimum atomic E-state index is -3.81. The van der Waals surface area contributed by atoms with E-state index < -0.39 is 15.9 Å². The van der Waals surface area contributed by atoms with Gasteiger partial charge in [0.1, 0.15) is 23.1 Å². The Balaban J connectivity index is 1.53. The van der Waals surface area contributed by atoms with Crippen LogP contribution in [0.3, 0.4) is 0 Å². The second kappa shape index (κ2) is 10.6. The van der Waals surface area contributed by atoms with Crippen LogP contribution in [-0.4, -0.2) is 31.8 Å². The van der Waals surface area contributed by atoms with E-state index in [4.69, 9.17) is 14.6 Å². The van der Waals surface area contributed by atoms with Crippen LogP contribution in [-0.2, 0) is 10.0 Å². The van der Waals surface area contributed by atoms with Gasteiger partial charge < -0.3 is 19.9 Å². The fourth-order valence-corrected chi connectivity index (χ4v) is 5.46. The number of nitrogens with zero attached hydrogens (tertiary/aromatic N) is 3. The second-order valence-electron chi connectivity index (χ2n) is 8.37. The third-order valence-electron chi connectivity index (χ3n) is 5.82. The maximum absolute atomic E-state index is 11.6. The van der Waals surface area contributed by atoms with Gasteiger partial charge in [0, 0.05) is 11.9 Å². The summed E-state index contributed by atoms with van der Waals surface area (Å²) in [7, 11) is -2.23. The number of phenols is 1. The molecule has 1 atom stereocenters. The fourth-order valence-electron chi connectivity index (χ4n) is 3.90. The molecule has 10 nitrogen and oxygen atoms in total. The number of benzene rings is 3. The lowest BCUT2D eigenvalue weighted by atomic mass is 9.89. The van der Waals surface area contributed by atoms with Gasteiger partial charge in [0.05, 0.1) is 22.8 Å². The molecule has 4 N–H and O–H groups in total. The Hall–Kier alpha value is -4.70. The highest BCUT2D eigenvalue weighted by molar-refractivity contribution is 7.89. The van der Waals surface area contributed by atoms with Crippen LogP contribution in [0.5, 0.6) is 17.4 Å². The quantitative estimate of drug-likeness (QED) is 0.276. The maximum Gasteiger partial charge on any atom is 0.238 e. The van der Waals surface area contributed by atoms with E-state index in [1.165, 1.54) is 35.6 Å². The third-order valence-corrected chi connectivity index (χ3v) is 7.77. The summed E-state index contributed by atoms with van der Waals surface area (Å²) in [6.45, 7) is 0. The van der Waals surface area contributed by atoms with Crippen LogP contribution in [0.25, 0.3) is 0 Å². The lowest BCUT2D eigenvalue weighted by Gasteiger charge is -2.22. The molecule has 3 aromatic carbocycles. The number of phenolic OH excluding ortho intramolecular Hbond substituents is 1. The molecule has 1 aliphatic rings. The van der Waals surface area contributed by atoms with Crippen molar-refractivity contribution in [2.45, 2.75) is 10.8 Å². The van der Waals surface area contributed by atoms with E-state index in [0.717, 1.165) is 5.56 Å². The summed E-state index contributed by atoms with van der Waals surface area (Å²) in [5.74, 6) is 0.696. The van der Waals surface area contributed by atoms with E-state index in [2.05, 4.69) is 21.4 Å². The van der Waals surface area contributed by atoms with Crippen LogP contribution in [0.4, 0.5) is 10.8 Å². The number of rotatable bonds is 7. The molecular weight excluding hydrogens is 538 g/mol. The molecule has 0 fully saturated rings. The third kappa shape index (κ3) is 5.60. The molecule has 0 spiro atoms. The van der Waals surface area contributed by atoms with E-state index in [1.807, 2.05) is 24.3 Å². The van der Waals surface area contributed by atoms with Gasteiger partial charge in [0.25, 0.3) is 0 Å². The normalized spacial score (nSPS) is 14.9. The first-order valence-electron chi connectivity index (χ1n) is 11.4. The Labute approximate surface area is 228 Å². The van der Waals surface area contributed by atoms with Crippen molar-refractivity contribution in [1.29, 1.82) is 5.26 Å². The zero-order valence-corrected chi connectivity index (χ0v) is 22.0. The summed E-state index contributed by atoms with van der Waals surface area (Å²) in [6, 6.07) is 22.0. The van der Waals surface area contributed by atoms with Crippen LogP contribution in [0.1, 0.15) is 21.9 Å². The summed E-state index contributed by atoms with van der Waals surface area (Å²) in [5, 5.41) is 28.5. The average molecular weight is 560 g/mol.